The minimum atomic E-state index is -1.37. The average molecular weight is 300 g/mol. The smallest absolute Gasteiger partial charge is 0.259 e. The van der Waals surface area contributed by atoms with Crippen molar-refractivity contribution in [3.05, 3.63) is 60.7 Å². The molecule has 3 nitrogen and oxygen atoms in total. The molecule has 2 aromatic carbocycles. The molecule has 2 rings (SSSR count). The van der Waals surface area contributed by atoms with Crippen molar-refractivity contribution in [2.45, 2.75) is 13.9 Å². The lowest BCUT2D eigenvalue weighted by Crippen LogP contribution is -2.36. The molecule has 0 aromatic heterocycles. The fourth-order valence-electron chi connectivity index (χ4n) is 1.53. The van der Waals surface area contributed by atoms with Crippen molar-refractivity contribution in [1.29, 1.82) is 5.26 Å². The van der Waals surface area contributed by atoms with Gasteiger partial charge in [-0.1, -0.05) is 59.9 Å². The molecule has 0 aliphatic rings. The predicted octanol–water partition coefficient (Wildman–Crippen LogP) is 3.28. The first-order chi connectivity index (χ1) is 9.66. The van der Waals surface area contributed by atoms with Crippen LogP contribution >= 0.6 is 23.5 Å². The van der Waals surface area contributed by atoms with Crippen LogP contribution in [0.4, 0.5) is 0 Å². The van der Waals surface area contributed by atoms with Gasteiger partial charge in [0.2, 0.25) is 4.08 Å². The van der Waals surface area contributed by atoms with E-state index in [2.05, 4.69) is 6.07 Å². The van der Waals surface area contributed by atoms with E-state index >= 15 is 0 Å². The van der Waals surface area contributed by atoms with E-state index in [9.17, 15) is 10.1 Å². The molecule has 1 amide bonds. The van der Waals surface area contributed by atoms with Crippen LogP contribution < -0.4 is 5.73 Å². The highest BCUT2D eigenvalue weighted by atomic mass is 32.2. The molecule has 0 aliphatic heterocycles. The van der Waals surface area contributed by atoms with Crippen molar-refractivity contribution in [2.24, 2.45) is 5.73 Å². The molecule has 0 unspecified atom stereocenters. The summed E-state index contributed by atoms with van der Waals surface area (Å²) in [5.41, 5.74) is 5.47. The SMILES string of the molecule is N#CC(Sc1ccccc1)(Sc1ccccc1)C(N)=O. The molecule has 0 spiro atoms. The number of rotatable bonds is 5. The molecule has 0 fully saturated rings. The van der Waals surface area contributed by atoms with E-state index in [-0.39, 0.29) is 0 Å². The van der Waals surface area contributed by atoms with E-state index in [0.717, 1.165) is 9.79 Å². The Labute approximate surface area is 126 Å². The van der Waals surface area contributed by atoms with Crippen LogP contribution in [0, 0.1) is 11.3 Å². The van der Waals surface area contributed by atoms with Crippen LogP contribution in [-0.4, -0.2) is 9.99 Å². The monoisotopic (exact) mass is 300 g/mol. The van der Waals surface area contributed by atoms with Gasteiger partial charge < -0.3 is 5.73 Å². The Morgan fingerprint density at radius 1 is 0.950 bits per heavy atom. The maximum atomic E-state index is 11.8. The lowest BCUT2D eigenvalue weighted by molar-refractivity contribution is -0.117. The molecule has 20 heavy (non-hydrogen) atoms. The van der Waals surface area contributed by atoms with Gasteiger partial charge in [-0.3, -0.25) is 4.79 Å². The van der Waals surface area contributed by atoms with Crippen molar-refractivity contribution in [2.75, 3.05) is 0 Å². The molecule has 0 saturated carbocycles. The number of amides is 1. The van der Waals surface area contributed by atoms with Crippen LogP contribution in [0.25, 0.3) is 0 Å². The number of nitrogens with two attached hydrogens (primary N) is 1. The van der Waals surface area contributed by atoms with Gasteiger partial charge in [-0.2, -0.15) is 5.26 Å². The van der Waals surface area contributed by atoms with E-state index < -0.39 is 9.99 Å². The number of benzene rings is 2. The Balaban J connectivity index is 2.31. The lowest BCUT2D eigenvalue weighted by Gasteiger charge is -2.21. The van der Waals surface area contributed by atoms with E-state index in [1.54, 1.807) is 0 Å². The van der Waals surface area contributed by atoms with Crippen LogP contribution in [0.3, 0.4) is 0 Å². The number of carbonyl (C=O) groups is 1. The molecule has 0 radical (unpaired) electrons. The molecule has 0 heterocycles. The maximum absolute atomic E-state index is 11.8. The third-order valence-electron chi connectivity index (χ3n) is 2.48. The fourth-order valence-corrected chi connectivity index (χ4v) is 3.82. The number of nitriles is 1. The van der Waals surface area contributed by atoms with Crippen LogP contribution in [0.15, 0.2) is 70.5 Å². The van der Waals surface area contributed by atoms with Crippen LogP contribution in [-0.2, 0) is 4.79 Å². The maximum Gasteiger partial charge on any atom is 0.259 e. The van der Waals surface area contributed by atoms with Crippen molar-refractivity contribution in [3.63, 3.8) is 0 Å². The first-order valence-electron chi connectivity index (χ1n) is 5.85. The first kappa shape index (κ1) is 14.5. The Morgan fingerprint density at radius 2 is 1.35 bits per heavy atom. The van der Waals surface area contributed by atoms with Gasteiger partial charge in [0.25, 0.3) is 5.91 Å². The highest BCUT2D eigenvalue weighted by Gasteiger charge is 2.39. The van der Waals surface area contributed by atoms with Crippen molar-refractivity contribution < 1.29 is 4.79 Å². The second kappa shape index (κ2) is 6.51. The minimum absolute atomic E-state index is 0.650. The average Bonchev–Trinajstić information content (AvgIpc) is 2.48. The third kappa shape index (κ3) is 3.35. The summed E-state index contributed by atoms with van der Waals surface area (Å²) >= 11 is 2.33. The molecule has 0 bridgehead atoms. The summed E-state index contributed by atoms with van der Waals surface area (Å²) in [5.74, 6) is -0.650. The molecular formula is C15H12N2OS2. The second-order valence-corrected chi connectivity index (χ2v) is 6.76. The zero-order valence-corrected chi connectivity index (χ0v) is 12.2. The number of primary amides is 1. The van der Waals surface area contributed by atoms with Gasteiger partial charge in [0.05, 0.1) is 0 Å². The number of carbonyl (C=O) groups excluding carboxylic acids is 1. The van der Waals surface area contributed by atoms with Gasteiger partial charge >= 0.3 is 0 Å². The van der Waals surface area contributed by atoms with Crippen molar-refractivity contribution in [3.8, 4) is 6.07 Å². The zero-order valence-electron chi connectivity index (χ0n) is 10.5. The van der Waals surface area contributed by atoms with Gasteiger partial charge in [0.1, 0.15) is 6.07 Å². The summed E-state index contributed by atoms with van der Waals surface area (Å²) in [6.07, 6.45) is 0. The Kier molecular flexibility index (Phi) is 4.72. The summed E-state index contributed by atoms with van der Waals surface area (Å²) in [6, 6.07) is 20.7. The Morgan fingerprint density at radius 3 is 1.65 bits per heavy atom. The Hall–Kier alpha value is -1.90. The quantitative estimate of drug-likeness (QED) is 0.679. The molecule has 100 valence electrons. The zero-order chi connectivity index (χ0) is 14.4. The van der Waals surface area contributed by atoms with Crippen LogP contribution in [0.2, 0.25) is 0 Å². The highest BCUT2D eigenvalue weighted by Crippen LogP contribution is 2.44. The van der Waals surface area contributed by atoms with E-state index in [4.69, 9.17) is 5.73 Å². The topological polar surface area (TPSA) is 66.9 Å². The van der Waals surface area contributed by atoms with Gasteiger partial charge in [0, 0.05) is 9.79 Å². The molecule has 2 aromatic rings. The Bertz CT molecular complexity index is 582. The van der Waals surface area contributed by atoms with E-state index in [1.165, 1.54) is 23.5 Å². The van der Waals surface area contributed by atoms with E-state index in [1.807, 2.05) is 60.7 Å². The summed E-state index contributed by atoms with van der Waals surface area (Å²) < 4.78 is -1.37. The summed E-state index contributed by atoms with van der Waals surface area (Å²) in [5, 5.41) is 9.48. The highest BCUT2D eigenvalue weighted by molar-refractivity contribution is 8.19. The largest absolute Gasteiger partial charge is 0.367 e. The van der Waals surface area contributed by atoms with Crippen LogP contribution in [0.1, 0.15) is 0 Å². The molecule has 2 N–H and O–H groups in total. The standard InChI is InChI=1S/C15H12N2OS2/c16-11-15(14(17)18,19-12-7-3-1-4-8-12)20-13-9-5-2-6-10-13/h1-10H,(H2,17,18). The molecular weight excluding hydrogens is 288 g/mol. The summed E-state index contributed by atoms with van der Waals surface area (Å²) in [7, 11) is 0. The number of thioether (sulfide) groups is 2. The fraction of sp³-hybridized carbons (Fsp3) is 0.0667. The lowest BCUT2D eigenvalue weighted by atomic mass is 10.4. The third-order valence-corrected chi connectivity index (χ3v) is 5.16. The second-order valence-electron chi connectivity index (χ2n) is 3.92. The number of hydrogen-bond donors (Lipinski definition) is 1. The molecule has 0 saturated heterocycles. The molecule has 0 aliphatic carbocycles. The summed E-state index contributed by atoms with van der Waals surface area (Å²) in [4.78, 5) is 13.5. The predicted molar refractivity (Wildman–Crippen MR) is 82.1 cm³/mol. The van der Waals surface area contributed by atoms with Gasteiger partial charge in [0.15, 0.2) is 0 Å². The van der Waals surface area contributed by atoms with Gasteiger partial charge in [-0.25, -0.2) is 0 Å². The normalized spacial score (nSPS) is 10.8. The van der Waals surface area contributed by atoms with Crippen LogP contribution in [0.5, 0.6) is 0 Å². The minimum Gasteiger partial charge on any atom is -0.367 e. The number of hydrogen-bond acceptors (Lipinski definition) is 4. The summed E-state index contributed by atoms with van der Waals surface area (Å²) in [6.45, 7) is 0. The first-order valence-corrected chi connectivity index (χ1v) is 7.49. The van der Waals surface area contributed by atoms with E-state index in [0.29, 0.717) is 0 Å². The van der Waals surface area contributed by atoms with Crippen molar-refractivity contribution >= 4 is 29.4 Å². The van der Waals surface area contributed by atoms with Gasteiger partial charge in [-0.15, -0.1) is 0 Å². The number of nitrogens with zero attached hydrogens (tertiary/aromatic N) is 1. The van der Waals surface area contributed by atoms with Crippen molar-refractivity contribution in [1.82, 2.24) is 0 Å². The molecule has 0 atom stereocenters. The molecule has 5 heteroatoms. The van der Waals surface area contributed by atoms with Gasteiger partial charge in [-0.05, 0) is 24.3 Å².